The smallest absolute Gasteiger partial charge is 0.341 e. The summed E-state index contributed by atoms with van der Waals surface area (Å²) in [5.41, 5.74) is 1.35. The number of allylic oxidation sites excluding steroid dienone is 2. The Morgan fingerprint density at radius 1 is 1.35 bits per heavy atom. The lowest BCUT2D eigenvalue weighted by atomic mass is 10.0. The molecule has 1 aliphatic heterocycles. The molecular formula is C18H17NO4. The Morgan fingerprint density at radius 2 is 2.17 bits per heavy atom. The van der Waals surface area contributed by atoms with Crippen LogP contribution in [0.5, 0.6) is 5.75 Å². The number of hydrogen-bond acceptors (Lipinski definition) is 4. The van der Waals surface area contributed by atoms with E-state index in [4.69, 9.17) is 9.47 Å². The van der Waals surface area contributed by atoms with Crippen LogP contribution >= 0.6 is 0 Å². The van der Waals surface area contributed by atoms with E-state index in [2.05, 4.69) is 4.98 Å². The zero-order chi connectivity index (χ0) is 16.2. The normalized spacial score (nSPS) is 16.3. The molecule has 23 heavy (non-hydrogen) atoms. The Morgan fingerprint density at radius 3 is 2.87 bits per heavy atom. The third-order valence-corrected chi connectivity index (χ3v) is 3.53. The molecule has 0 radical (unpaired) electrons. The van der Waals surface area contributed by atoms with Crippen LogP contribution in [0.2, 0.25) is 0 Å². The predicted molar refractivity (Wildman–Crippen MR) is 86.5 cm³/mol. The second-order valence-electron chi connectivity index (χ2n) is 5.17. The molecule has 0 fully saturated rings. The predicted octanol–water partition coefficient (Wildman–Crippen LogP) is 3.69. The number of carboxylic acids is 1. The van der Waals surface area contributed by atoms with Gasteiger partial charge in [-0.25, -0.2) is 4.79 Å². The van der Waals surface area contributed by atoms with Crippen molar-refractivity contribution < 1.29 is 19.4 Å². The van der Waals surface area contributed by atoms with Crippen LogP contribution in [0.1, 0.15) is 29.4 Å². The number of aryl methyl sites for hydroxylation is 1. The van der Waals surface area contributed by atoms with Crippen molar-refractivity contribution >= 4 is 16.9 Å². The quantitative estimate of drug-likeness (QED) is 0.912. The largest absolute Gasteiger partial charge is 0.477 e. The maximum absolute atomic E-state index is 11.8. The van der Waals surface area contributed by atoms with Gasteiger partial charge in [-0.05, 0) is 30.7 Å². The van der Waals surface area contributed by atoms with Gasteiger partial charge in [-0.2, -0.15) is 0 Å². The van der Waals surface area contributed by atoms with Crippen LogP contribution in [0.4, 0.5) is 0 Å². The topological polar surface area (TPSA) is 68.7 Å². The van der Waals surface area contributed by atoms with Crippen LogP contribution in [0.15, 0.2) is 48.8 Å². The highest BCUT2D eigenvalue weighted by atomic mass is 16.7. The van der Waals surface area contributed by atoms with Gasteiger partial charge in [0.25, 0.3) is 6.29 Å². The summed E-state index contributed by atoms with van der Waals surface area (Å²) in [6.07, 6.45) is 7.49. The fourth-order valence-corrected chi connectivity index (χ4v) is 2.54. The van der Waals surface area contributed by atoms with E-state index in [9.17, 15) is 9.90 Å². The summed E-state index contributed by atoms with van der Waals surface area (Å²) in [5.74, 6) is -0.742. The van der Waals surface area contributed by atoms with E-state index in [0.717, 1.165) is 6.42 Å². The average molecular weight is 311 g/mol. The molecule has 3 rings (SSSR count). The fourth-order valence-electron chi connectivity index (χ4n) is 2.54. The summed E-state index contributed by atoms with van der Waals surface area (Å²) in [6.45, 7) is 1.99. The first kappa shape index (κ1) is 15.1. The van der Waals surface area contributed by atoms with Gasteiger partial charge in [0.15, 0.2) is 0 Å². The molecule has 0 saturated heterocycles. The number of fused-ring (bicyclic) bond motifs is 1. The number of aromatic nitrogens is 1. The van der Waals surface area contributed by atoms with Crippen molar-refractivity contribution in [3.05, 3.63) is 60.0 Å². The Labute approximate surface area is 133 Å². The molecule has 2 heterocycles. The van der Waals surface area contributed by atoms with E-state index in [-0.39, 0.29) is 5.56 Å². The Balaban J connectivity index is 2.17. The van der Waals surface area contributed by atoms with Gasteiger partial charge in [-0.3, -0.25) is 4.98 Å². The minimum absolute atomic E-state index is 0.108. The first-order valence-electron chi connectivity index (χ1n) is 7.51. The number of ether oxygens (including phenoxy) is 2. The minimum Gasteiger partial charge on any atom is -0.477 e. The number of benzene rings is 1. The monoisotopic (exact) mass is 311 g/mol. The van der Waals surface area contributed by atoms with Crippen molar-refractivity contribution in [3.8, 4) is 5.75 Å². The highest BCUT2D eigenvalue weighted by molar-refractivity contribution is 6.00. The van der Waals surface area contributed by atoms with Crippen LogP contribution < -0.4 is 4.74 Å². The number of nitrogens with zero attached hydrogens (tertiary/aromatic N) is 1. The molecule has 1 aliphatic rings. The Bertz CT molecular complexity index is 795. The molecule has 0 aliphatic carbocycles. The first-order valence-corrected chi connectivity index (χ1v) is 7.51. The molecule has 0 saturated carbocycles. The maximum Gasteiger partial charge on any atom is 0.341 e. The Hall–Kier alpha value is -2.82. The van der Waals surface area contributed by atoms with Crippen LogP contribution in [-0.4, -0.2) is 22.3 Å². The van der Waals surface area contributed by atoms with Gasteiger partial charge >= 0.3 is 5.97 Å². The zero-order valence-electron chi connectivity index (χ0n) is 12.7. The van der Waals surface area contributed by atoms with Crippen molar-refractivity contribution in [1.29, 1.82) is 0 Å². The van der Waals surface area contributed by atoms with E-state index >= 15 is 0 Å². The molecule has 0 amide bonds. The maximum atomic E-state index is 11.8. The zero-order valence-corrected chi connectivity index (χ0v) is 12.7. The fraction of sp³-hybridized carbons (Fsp3) is 0.222. The average Bonchev–Trinajstić information content (AvgIpc) is 2.56. The van der Waals surface area contributed by atoms with Gasteiger partial charge in [0, 0.05) is 5.39 Å². The lowest BCUT2D eigenvalue weighted by Crippen LogP contribution is -2.19. The van der Waals surface area contributed by atoms with Gasteiger partial charge in [0.1, 0.15) is 11.3 Å². The lowest BCUT2D eigenvalue weighted by Gasteiger charge is -2.20. The number of carbonyl (C=O) groups is 1. The van der Waals surface area contributed by atoms with Crippen molar-refractivity contribution in [2.24, 2.45) is 0 Å². The molecule has 118 valence electrons. The number of rotatable bonds is 5. The summed E-state index contributed by atoms with van der Waals surface area (Å²) in [5, 5.41) is 10.3. The van der Waals surface area contributed by atoms with E-state index in [1.54, 1.807) is 18.2 Å². The van der Waals surface area contributed by atoms with E-state index in [0.29, 0.717) is 28.8 Å². The van der Waals surface area contributed by atoms with Crippen molar-refractivity contribution in [1.82, 2.24) is 4.98 Å². The SMILES string of the molecule is CCCc1nc2ccccc2c(OC2C=CC=CO2)c1C(=O)O. The van der Waals surface area contributed by atoms with Crippen LogP contribution in [0.25, 0.3) is 10.9 Å². The number of carboxylic acid groups (broad SMARTS) is 1. The second-order valence-corrected chi connectivity index (χ2v) is 5.17. The highest BCUT2D eigenvalue weighted by Gasteiger charge is 2.23. The second kappa shape index (κ2) is 6.52. The highest BCUT2D eigenvalue weighted by Crippen LogP contribution is 2.33. The number of aromatic carboxylic acids is 1. The first-order chi connectivity index (χ1) is 11.2. The van der Waals surface area contributed by atoms with Crippen molar-refractivity contribution in [2.45, 2.75) is 26.1 Å². The summed E-state index contributed by atoms with van der Waals surface area (Å²) in [4.78, 5) is 16.3. The third kappa shape index (κ3) is 3.04. The molecule has 1 aromatic heterocycles. The molecule has 0 spiro atoms. The number of hydrogen-bond donors (Lipinski definition) is 1. The molecule has 0 bridgehead atoms. The van der Waals surface area contributed by atoms with Crippen molar-refractivity contribution in [3.63, 3.8) is 0 Å². The van der Waals surface area contributed by atoms with E-state index in [1.807, 2.05) is 31.2 Å². The molecule has 5 heteroatoms. The number of pyridine rings is 1. The van der Waals surface area contributed by atoms with Crippen molar-refractivity contribution in [2.75, 3.05) is 0 Å². The molecule has 2 aromatic rings. The molecular weight excluding hydrogens is 294 g/mol. The summed E-state index contributed by atoms with van der Waals surface area (Å²) in [6, 6.07) is 7.36. The standard InChI is InChI=1S/C18H17NO4/c1-2-7-14-16(18(20)21)17(23-15-10-5-6-11-22-15)12-8-3-4-9-13(12)19-14/h3-6,8-11,15H,2,7H2,1H3,(H,20,21). The van der Waals surface area contributed by atoms with Gasteiger partial charge in [-0.1, -0.05) is 31.6 Å². The summed E-state index contributed by atoms with van der Waals surface area (Å²) < 4.78 is 11.2. The van der Waals surface area contributed by atoms with E-state index < -0.39 is 12.3 Å². The molecule has 1 atom stereocenters. The van der Waals surface area contributed by atoms with Gasteiger partial charge in [0.2, 0.25) is 0 Å². The molecule has 5 nitrogen and oxygen atoms in total. The van der Waals surface area contributed by atoms with E-state index in [1.165, 1.54) is 6.26 Å². The lowest BCUT2D eigenvalue weighted by molar-refractivity contribution is 0.00791. The summed E-state index contributed by atoms with van der Waals surface area (Å²) in [7, 11) is 0. The van der Waals surface area contributed by atoms with Gasteiger partial charge < -0.3 is 14.6 Å². The van der Waals surface area contributed by atoms with Crippen LogP contribution in [0, 0.1) is 0 Å². The molecule has 1 N–H and O–H groups in total. The number of para-hydroxylation sites is 1. The third-order valence-electron chi connectivity index (χ3n) is 3.53. The van der Waals surface area contributed by atoms with Gasteiger partial charge in [-0.15, -0.1) is 0 Å². The minimum atomic E-state index is -1.04. The molecule has 1 unspecified atom stereocenters. The van der Waals surface area contributed by atoms with Gasteiger partial charge in [0.05, 0.1) is 17.5 Å². The molecule has 1 aromatic carbocycles. The van der Waals surface area contributed by atoms with Crippen LogP contribution in [-0.2, 0) is 11.2 Å². The summed E-state index contributed by atoms with van der Waals surface area (Å²) >= 11 is 0. The Kier molecular flexibility index (Phi) is 4.28. The van der Waals surface area contributed by atoms with Crippen LogP contribution in [0.3, 0.4) is 0 Å².